The number of carbonyl (C=O) groups is 1. The first-order valence-electron chi connectivity index (χ1n) is 7.97. The summed E-state index contributed by atoms with van der Waals surface area (Å²) in [6.45, 7) is 0.174. The molecule has 0 saturated heterocycles. The van der Waals surface area contributed by atoms with Crippen molar-refractivity contribution in [2.45, 2.75) is 44.2 Å². The topological polar surface area (TPSA) is 71.6 Å². The summed E-state index contributed by atoms with van der Waals surface area (Å²) in [5.41, 5.74) is 5.31. The highest BCUT2D eigenvalue weighted by Gasteiger charge is 2.27. The minimum atomic E-state index is -0.699. The number of amides is 1. The molecule has 0 radical (unpaired) electrons. The third-order valence-electron chi connectivity index (χ3n) is 4.04. The molecule has 1 unspecified atom stereocenters. The maximum Gasteiger partial charge on any atom is 0.283 e. The number of rotatable bonds is 2. The molecular formula is C16H21N3O3S. The van der Waals surface area contributed by atoms with Crippen molar-refractivity contribution in [3.63, 3.8) is 0 Å². The minimum absolute atomic E-state index is 0.174. The predicted molar refractivity (Wildman–Crippen MR) is 90.2 cm³/mol. The summed E-state index contributed by atoms with van der Waals surface area (Å²) in [6, 6.07) is 7.67. The van der Waals surface area contributed by atoms with Crippen molar-refractivity contribution in [3.8, 4) is 11.5 Å². The third kappa shape index (κ3) is 4.25. The summed E-state index contributed by atoms with van der Waals surface area (Å²) in [6.07, 6.45) is 5.27. The highest BCUT2D eigenvalue weighted by Crippen LogP contribution is 2.30. The van der Waals surface area contributed by atoms with Crippen LogP contribution in [0.4, 0.5) is 0 Å². The molecule has 0 aromatic heterocycles. The first-order chi connectivity index (χ1) is 11.2. The van der Waals surface area contributed by atoms with Gasteiger partial charge in [-0.3, -0.25) is 15.6 Å². The van der Waals surface area contributed by atoms with Gasteiger partial charge in [0.25, 0.3) is 5.91 Å². The number of para-hydroxylation sites is 2. The summed E-state index contributed by atoms with van der Waals surface area (Å²) in [5.74, 6) is 0.910. The van der Waals surface area contributed by atoms with E-state index in [1.807, 2.05) is 18.2 Å². The van der Waals surface area contributed by atoms with Gasteiger partial charge in [-0.1, -0.05) is 31.4 Å². The molecule has 1 fully saturated rings. The molecule has 124 valence electrons. The number of thiocarbonyl (C=S) groups is 1. The van der Waals surface area contributed by atoms with E-state index in [9.17, 15) is 4.79 Å². The number of carbonyl (C=O) groups excluding carboxylic acids is 1. The maximum atomic E-state index is 12.1. The fraction of sp³-hybridized carbons (Fsp3) is 0.500. The highest BCUT2D eigenvalue weighted by molar-refractivity contribution is 7.80. The molecule has 6 nitrogen and oxygen atoms in total. The average Bonchev–Trinajstić information content (AvgIpc) is 2.60. The Labute approximate surface area is 140 Å². The fourth-order valence-electron chi connectivity index (χ4n) is 2.82. The molecule has 1 atom stereocenters. The van der Waals surface area contributed by atoms with Crippen LogP contribution in [0.15, 0.2) is 24.3 Å². The van der Waals surface area contributed by atoms with E-state index in [4.69, 9.17) is 21.7 Å². The summed E-state index contributed by atoms with van der Waals surface area (Å²) in [4.78, 5) is 12.1. The van der Waals surface area contributed by atoms with Gasteiger partial charge in [0.1, 0.15) is 6.61 Å². The lowest BCUT2D eigenvalue weighted by atomic mass is 9.96. The van der Waals surface area contributed by atoms with Crippen molar-refractivity contribution >= 4 is 23.2 Å². The molecular weight excluding hydrogens is 314 g/mol. The van der Waals surface area contributed by atoms with Gasteiger partial charge in [-0.05, 0) is 37.2 Å². The molecule has 1 aromatic rings. The molecule has 3 rings (SSSR count). The number of hydrazine groups is 1. The van der Waals surface area contributed by atoms with Gasteiger partial charge in [0.15, 0.2) is 16.6 Å². The van der Waals surface area contributed by atoms with E-state index in [2.05, 4.69) is 16.2 Å². The monoisotopic (exact) mass is 335 g/mol. The van der Waals surface area contributed by atoms with Crippen LogP contribution in [0, 0.1) is 0 Å². The van der Waals surface area contributed by atoms with E-state index in [0.717, 1.165) is 12.8 Å². The van der Waals surface area contributed by atoms with Crippen molar-refractivity contribution in [2.75, 3.05) is 6.61 Å². The molecule has 23 heavy (non-hydrogen) atoms. The molecule has 0 bridgehead atoms. The second-order valence-corrected chi connectivity index (χ2v) is 6.20. The number of ether oxygens (including phenoxy) is 2. The summed E-state index contributed by atoms with van der Waals surface area (Å²) in [7, 11) is 0. The van der Waals surface area contributed by atoms with E-state index in [0.29, 0.717) is 22.7 Å². The maximum absolute atomic E-state index is 12.1. The van der Waals surface area contributed by atoms with Crippen molar-refractivity contribution in [3.05, 3.63) is 24.3 Å². The van der Waals surface area contributed by atoms with Gasteiger partial charge in [-0.2, -0.15) is 0 Å². The normalized spacial score (nSPS) is 20.4. The largest absolute Gasteiger partial charge is 0.485 e. The second kappa shape index (κ2) is 7.50. The molecule has 7 heteroatoms. The van der Waals surface area contributed by atoms with Crippen LogP contribution in [-0.4, -0.2) is 29.8 Å². The van der Waals surface area contributed by atoms with Crippen LogP contribution < -0.4 is 25.6 Å². The molecule has 0 spiro atoms. The molecule has 1 saturated carbocycles. The second-order valence-electron chi connectivity index (χ2n) is 5.79. The van der Waals surface area contributed by atoms with Gasteiger partial charge < -0.3 is 14.8 Å². The Morgan fingerprint density at radius 3 is 2.61 bits per heavy atom. The van der Waals surface area contributed by atoms with Gasteiger partial charge in [0, 0.05) is 6.04 Å². The lowest BCUT2D eigenvalue weighted by molar-refractivity contribution is -0.130. The first kappa shape index (κ1) is 15.9. The molecule has 1 aliphatic heterocycles. The molecule has 2 aliphatic rings. The Kier molecular flexibility index (Phi) is 5.17. The van der Waals surface area contributed by atoms with E-state index < -0.39 is 6.10 Å². The first-order valence-corrected chi connectivity index (χ1v) is 8.38. The molecule has 1 heterocycles. The zero-order chi connectivity index (χ0) is 16.1. The Morgan fingerprint density at radius 1 is 1.09 bits per heavy atom. The Bertz CT molecular complexity index is 575. The van der Waals surface area contributed by atoms with Gasteiger partial charge in [0.2, 0.25) is 6.10 Å². The zero-order valence-corrected chi connectivity index (χ0v) is 13.7. The van der Waals surface area contributed by atoms with Gasteiger partial charge in [0.05, 0.1) is 0 Å². The molecule has 1 amide bonds. The SMILES string of the molecule is O=C(NNC(=S)NC1CCCCC1)C1COc2ccccc2O1. The molecule has 1 aromatic carbocycles. The van der Waals surface area contributed by atoms with Crippen molar-refractivity contribution in [2.24, 2.45) is 0 Å². The zero-order valence-electron chi connectivity index (χ0n) is 12.8. The Morgan fingerprint density at radius 2 is 1.83 bits per heavy atom. The Hall–Kier alpha value is -2.02. The van der Waals surface area contributed by atoms with Crippen LogP contribution in [0.25, 0.3) is 0 Å². The Balaban J connectivity index is 1.43. The van der Waals surface area contributed by atoms with E-state index in [-0.39, 0.29) is 12.5 Å². The number of hydrogen-bond donors (Lipinski definition) is 3. The van der Waals surface area contributed by atoms with Crippen molar-refractivity contribution in [1.82, 2.24) is 16.2 Å². The van der Waals surface area contributed by atoms with Gasteiger partial charge in [-0.15, -0.1) is 0 Å². The van der Waals surface area contributed by atoms with Crippen LogP contribution in [0.5, 0.6) is 11.5 Å². The van der Waals surface area contributed by atoms with Crippen LogP contribution in [0.2, 0.25) is 0 Å². The fourth-order valence-corrected chi connectivity index (χ4v) is 3.03. The van der Waals surface area contributed by atoms with E-state index >= 15 is 0 Å². The summed E-state index contributed by atoms with van der Waals surface area (Å²) in [5, 5.41) is 3.66. The standard InChI is InChI=1S/C16H21N3O3S/c20-15(14-10-21-12-8-4-5-9-13(12)22-14)18-19-16(23)17-11-6-2-1-3-7-11/h4-5,8-9,11,14H,1-3,6-7,10H2,(H,18,20)(H2,17,19,23). The van der Waals surface area contributed by atoms with Crippen LogP contribution >= 0.6 is 12.2 Å². The lowest BCUT2D eigenvalue weighted by Gasteiger charge is -2.27. The van der Waals surface area contributed by atoms with Gasteiger partial charge >= 0.3 is 0 Å². The van der Waals surface area contributed by atoms with Crippen molar-refractivity contribution in [1.29, 1.82) is 0 Å². The van der Waals surface area contributed by atoms with Crippen LogP contribution in [-0.2, 0) is 4.79 Å². The summed E-state index contributed by atoms with van der Waals surface area (Å²) >= 11 is 5.21. The minimum Gasteiger partial charge on any atom is -0.485 e. The van der Waals surface area contributed by atoms with Crippen LogP contribution in [0.3, 0.4) is 0 Å². The smallest absolute Gasteiger partial charge is 0.283 e. The van der Waals surface area contributed by atoms with E-state index in [1.54, 1.807) is 6.07 Å². The number of fused-ring (bicyclic) bond motifs is 1. The van der Waals surface area contributed by atoms with E-state index in [1.165, 1.54) is 19.3 Å². The van der Waals surface area contributed by atoms with Gasteiger partial charge in [-0.25, -0.2) is 0 Å². The summed E-state index contributed by atoms with van der Waals surface area (Å²) < 4.78 is 11.2. The number of benzene rings is 1. The van der Waals surface area contributed by atoms with Crippen LogP contribution in [0.1, 0.15) is 32.1 Å². The lowest BCUT2D eigenvalue weighted by Crippen LogP contribution is -2.54. The van der Waals surface area contributed by atoms with Crippen molar-refractivity contribution < 1.29 is 14.3 Å². The quantitative estimate of drug-likeness (QED) is 0.564. The highest BCUT2D eigenvalue weighted by atomic mass is 32.1. The average molecular weight is 335 g/mol. The molecule has 1 aliphatic carbocycles. The number of hydrogen-bond acceptors (Lipinski definition) is 4. The third-order valence-corrected chi connectivity index (χ3v) is 4.26. The number of nitrogens with one attached hydrogen (secondary N) is 3. The predicted octanol–water partition coefficient (Wildman–Crippen LogP) is 1.65. The molecule has 3 N–H and O–H groups in total.